The Labute approximate surface area is 135 Å². The maximum absolute atomic E-state index is 8.47. The van der Waals surface area contributed by atoms with E-state index in [0.717, 1.165) is 5.69 Å². The van der Waals surface area contributed by atoms with Crippen molar-refractivity contribution in [3.63, 3.8) is 0 Å². The third-order valence-corrected chi connectivity index (χ3v) is 6.24. The fraction of sp³-hybridized carbons (Fsp3) is 0.250. The van der Waals surface area contributed by atoms with Gasteiger partial charge < -0.3 is 0 Å². The van der Waals surface area contributed by atoms with Gasteiger partial charge in [-0.2, -0.15) is 0 Å². The molecule has 2 aromatic carbocycles. The van der Waals surface area contributed by atoms with Crippen molar-refractivity contribution in [2.24, 2.45) is 7.05 Å². The number of rotatable bonds is 2. The number of hydrogen-bond donors (Lipinski definition) is 0. The van der Waals surface area contributed by atoms with Crippen LogP contribution < -0.4 is 9.75 Å². The summed E-state index contributed by atoms with van der Waals surface area (Å²) in [6.45, 7) is 9.05. The highest BCUT2D eigenvalue weighted by molar-refractivity contribution is 6.88. The van der Waals surface area contributed by atoms with Crippen LogP contribution in [0.3, 0.4) is 0 Å². The summed E-state index contributed by atoms with van der Waals surface area (Å²) in [6.07, 6.45) is 2.17. The van der Waals surface area contributed by atoms with E-state index in [-0.39, 0.29) is 0 Å². The molecular formula is C20H24NSi+. The lowest BCUT2D eigenvalue weighted by atomic mass is 9.98. The predicted octanol–water partition coefficient (Wildman–Crippen LogP) is 4.18. The molecule has 0 bridgehead atoms. The molecule has 1 nitrogen and oxygen atoms in total. The van der Waals surface area contributed by atoms with Crippen LogP contribution in [-0.4, -0.2) is 8.07 Å². The quantitative estimate of drug-likeness (QED) is 0.494. The molecule has 0 spiro atoms. The summed E-state index contributed by atoms with van der Waals surface area (Å²) in [7, 11) is 0.592. The Morgan fingerprint density at radius 1 is 1.00 bits per heavy atom. The second-order valence-corrected chi connectivity index (χ2v) is 12.1. The third kappa shape index (κ3) is 2.59. The molecule has 0 amide bonds. The van der Waals surface area contributed by atoms with E-state index in [1.807, 2.05) is 6.07 Å². The van der Waals surface area contributed by atoms with Crippen LogP contribution in [0.2, 0.25) is 19.6 Å². The molecule has 0 fully saturated rings. The van der Waals surface area contributed by atoms with Gasteiger partial charge in [-0.15, -0.1) is 0 Å². The molecule has 0 aliphatic carbocycles. The molecule has 2 heteroatoms. The van der Waals surface area contributed by atoms with Crippen LogP contribution in [0, 0.1) is 6.92 Å². The smallest absolute Gasteiger partial charge is 0.201 e. The minimum Gasteiger partial charge on any atom is -0.201 e. The minimum atomic E-state index is -1.50. The first-order chi connectivity index (χ1) is 10.8. The van der Waals surface area contributed by atoms with Crippen molar-refractivity contribution in [2.75, 3.05) is 0 Å². The molecule has 22 heavy (non-hydrogen) atoms. The van der Waals surface area contributed by atoms with Crippen LogP contribution >= 0.6 is 0 Å². The first kappa shape index (κ1) is 13.7. The molecule has 0 saturated carbocycles. The largest absolute Gasteiger partial charge is 0.212 e. The fourth-order valence-corrected chi connectivity index (χ4v) is 4.02. The van der Waals surface area contributed by atoms with Crippen molar-refractivity contribution < 1.29 is 5.94 Å². The first-order valence-electron chi connectivity index (χ1n) is 8.28. The number of aromatic nitrogens is 1. The Morgan fingerprint density at radius 3 is 2.45 bits per heavy atom. The number of fused-ring (bicyclic) bond motifs is 1. The predicted molar refractivity (Wildman–Crippen MR) is 98.3 cm³/mol. The number of benzene rings is 2. The molecular weight excluding hydrogens is 282 g/mol. The number of nitrogens with zero attached hydrogens (tertiary/aromatic N) is 1. The van der Waals surface area contributed by atoms with E-state index in [1.54, 1.807) is 0 Å². The zero-order valence-corrected chi connectivity index (χ0v) is 15.1. The van der Waals surface area contributed by atoms with E-state index in [2.05, 4.69) is 80.8 Å². The summed E-state index contributed by atoms with van der Waals surface area (Å²) >= 11 is 0. The molecule has 0 aliphatic rings. The van der Waals surface area contributed by atoms with Crippen molar-refractivity contribution in [2.45, 2.75) is 26.6 Å². The SMILES string of the molecule is [2H]c1cc(-c2ccc3ccccc3c2C)[n+](C)cc1[Si](C)(C)C. The van der Waals surface area contributed by atoms with E-state index >= 15 is 0 Å². The highest BCUT2D eigenvalue weighted by Gasteiger charge is 2.22. The minimum absolute atomic E-state index is 0.671. The van der Waals surface area contributed by atoms with Crippen LogP contribution in [0.15, 0.2) is 54.7 Å². The van der Waals surface area contributed by atoms with Gasteiger partial charge in [0.1, 0.15) is 7.05 Å². The molecule has 112 valence electrons. The summed E-state index contributed by atoms with van der Waals surface area (Å²) in [4.78, 5) is 0. The summed E-state index contributed by atoms with van der Waals surface area (Å²) in [6, 6.07) is 15.5. The number of hydrogen-bond acceptors (Lipinski definition) is 0. The Morgan fingerprint density at radius 2 is 1.73 bits per heavy atom. The van der Waals surface area contributed by atoms with Crippen molar-refractivity contribution in [3.8, 4) is 11.3 Å². The van der Waals surface area contributed by atoms with Gasteiger partial charge in [-0.1, -0.05) is 56.0 Å². The average molecular weight is 308 g/mol. The van der Waals surface area contributed by atoms with Crippen molar-refractivity contribution in [1.29, 1.82) is 0 Å². The standard InChI is InChI=1S/C20H24NSi/c1-15-18-9-7-6-8-16(18)10-12-19(15)20-13-11-17(14-21(20)2)22(3,4)5/h6-14H,1-5H3/q+1/i11D. The Balaban J connectivity index is 2.24. The van der Waals surface area contributed by atoms with Gasteiger partial charge in [0.15, 0.2) is 6.20 Å². The molecule has 3 aromatic rings. The van der Waals surface area contributed by atoms with Gasteiger partial charge in [0, 0.05) is 16.8 Å². The van der Waals surface area contributed by atoms with Gasteiger partial charge in [0.2, 0.25) is 5.69 Å². The summed E-state index contributed by atoms with van der Waals surface area (Å²) in [5, 5.41) is 3.76. The Bertz CT molecular complexity index is 894. The molecule has 0 radical (unpaired) electrons. The van der Waals surface area contributed by atoms with Gasteiger partial charge >= 0.3 is 0 Å². The number of aryl methyl sites for hydroxylation is 2. The summed E-state index contributed by atoms with van der Waals surface area (Å²) in [5.41, 5.74) is 3.60. The normalized spacial score (nSPS) is 12.5. The Hall–Kier alpha value is -1.93. The fourth-order valence-electron chi connectivity index (χ4n) is 2.93. The third-order valence-electron chi connectivity index (χ3n) is 4.35. The molecule has 1 heterocycles. The average Bonchev–Trinajstić information content (AvgIpc) is 2.49. The molecule has 0 atom stereocenters. The highest BCUT2D eigenvalue weighted by atomic mass is 28.3. The van der Waals surface area contributed by atoms with E-state index in [1.165, 1.54) is 27.1 Å². The van der Waals surface area contributed by atoms with E-state index in [9.17, 15) is 0 Å². The first-order valence-corrected chi connectivity index (χ1v) is 11.3. The monoisotopic (exact) mass is 307 g/mol. The van der Waals surface area contributed by atoms with Crippen molar-refractivity contribution in [1.82, 2.24) is 0 Å². The lowest BCUT2D eigenvalue weighted by Gasteiger charge is -2.15. The topological polar surface area (TPSA) is 3.88 Å². The Kier molecular flexibility index (Phi) is 3.34. The van der Waals surface area contributed by atoms with Crippen LogP contribution in [0.5, 0.6) is 0 Å². The van der Waals surface area contributed by atoms with Crippen LogP contribution in [0.25, 0.3) is 22.0 Å². The molecule has 0 aliphatic heterocycles. The van der Waals surface area contributed by atoms with Crippen molar-refractivity contribution in [3.05, 3.63) is 60.3 Å². The van der Waals surface area contributed by atoms with Gasteiger partial charge in [-0.25, -0.2) is 4.57 Å². The van der Waals surface area contributed by atoms with Crippen LogP contribution in [-0.2, 0) is 7.05 Å². The maximum Gasteiger partial charge on any atom is 0.212 e. The van der Waals surface area contributed by atoms with E-state index in [4.69, 9.17) is 1.37 Å². The van der Waals surface area contributed by atoms with Crippen LogP contribution in [0.4, 0.5) is 0 Å². The molecule has 3 rings (SSSR count). The van der Waals surface area contributed by atoms with Gasteiger partial charge in [-0.05, 0) is 29.3 Å². The second-order valence-electron chi connectivity index (χ2n) is 7.04. The van der Waals surface area contributed by atoms with E-state index < -0.39 is 8.07 Å². The van der Waals surface area contributed by atoms with Crippen molar-refractivity contribution >= 4 is 24.0 Å². The second kappa shape index (κ2) is 5.36. The zero-order valence-electron chi connectivity index (χ0n) is 15.1. The molecule has 0 unspecified atom stereocenters. The lowest BCUT2D eigenvalue weighted by Crippen LogP contribution is -2.44. The maximum atomic E-state index is 8.47. The summed E-state index contributed by atoms with van der Waals surface area (Å²) in [5.74, 6) is 0. The zero-order chi connectivity index (χ0) is 16.8. The van der Waals surface area contributed by atoms with Gasteiger partial charge in [-0.3, -0.25) is 0 Å². The molecule has 0 N–H and O–H groups in total. The lowest BCUT2D eigenvalue weighted by molar-refractivity contribution is -0.659. The van der Waals surface area contributed by atoms with Crippen LogP contribution in [0.1, 0.15) is 6.93 Å². The molecule has 0 saturated heterocycles. The van der Waals surface area contributed by atoms with Gasteiger partial charge in [0.05, 0.1) is 9.44 Å². The van der Waals surface area contributed by atoms with E-state index in [0.29, 0.717) is 6.04 Å². The number of pyridine rings is 1. The van der Waals surface area contributed by atoms with Gasteiger partial charge in [0.25, 0.3) is 0 Å². The summed E-state index contributed by atoms with van der Waals surface area (Å²) < 4.78 is 10.7. The highest BCUT2D eigenvalue weighted by Crippen LogP contribution is 2.27. The molecule has 1 aromatic heterocycles.